The summed E-state index contributed by atoms with van der Waals surface area (Å²) in [5, 5.41) is 7.09. The van der Waals surface area contributed by atoms with E-state index < -0.39 is 23.7 Å². The van der Waals surface area contributed by atoms with E-state index in [4.69, 9.17) is 9.47 Å². The van der Waals surface area contributed by atoms with Crippen LogP contribution < -0.4 is 10.6 Å². The van der Waals surface area contributed by atoms with Gasteiger partial charge in [-0.3, -0.25) is 4.79 Å². The van der Waals surface area contributed by atoms with Gasteiger partial charge < -0.3 is 20.1 Å². The highest BCUT2D eigenvalue weighted by atomic mass is 16.6. The fourth-order valence-electron chi connectivity index (χ4n) is 4.45. The lowest BCUT2D eigenvalue weighted by molar-refractivity contribution is -0.125. The summed E-state index contributed by atoms with van der Waals surface area (Å²) < 4.78 is 11.7. The van der Waals surface area contributed by atoms with Gasteiger partial charge in [0.25, 0.3) is 0 Å². The molecule has 2 aromatic heterocycles. The fraction of sp³-hybridized carbons (Fsp3) is 0.615. The summed E-state index contributed by atoms with van der Waals surface area (Å²) in [4.78, 5) is 42.9. The second-order valence-electron chi connectivity index (χ2n) is 10.3. The number of methoxy groups -OCH3 is 1. The number of amides is 1. The molecule has 9 heteroatoms. The molecule has 1 amide bonds. The zero-order chi connectivity index (χ0) is 25.8. The van der Waals surface area contributed by atoms with E-state index in [-0.39, 0.29) is 23.4 Å². The Morgan fingerprint density at radius 1 is 1.23 bits per heavy atom. The van der Waals surface area contributed by atoms with Crippen LogP contribution in [0.25, 0.3) is 11.0 Å². The number of ether oxygens (including phenoxy) is 2. The van der Waals surface area contributed by atoms with E-state index in [2.05, 4.69) is 22.5 Å². The number of pyridine rings is 1. The van der Waals surface area contributed by atoms with Crippen molar-refractivity contribution in [3.63, 3.8) is 0 Å². The lowest BCUT2D eigenvalue weighted by Gasteiger charge is -2.25. The Bertz CT molecular complexity index is 1070. The molecule has 35 heavy (non-hydrogen) atoms. The van der Waals surface area contributed by atoms with E-state index >= 15 is 0 Å². The van der Waals surface area contributed by atoms with Gasteiger partial charge in [-0.2, -0.15) is 0 Å². The van der Waals surface area contributed by atoms with Gasteiger partial charge in [0.05, 0.1) is 18.7 Å². The molecule has 1 fully saturated rings. The Kier molecular flexibility index (Phi) is 8.53. The SMILES string of the molecule is CCC(C)C(NCc1ccnc2c1c(C(=O)OC)cn2C(=O)OC(C)(C)C)C(=O)NC1CCCC1. The largest absolute Gasteiger partial charge is 0.465 e. The molecular formula is C26H38N4O5. The molecular weight excluding hydrogens is 448 g/mol. The van der Waals surface area contributed by atoms with Crippen LogP contribution in [0.4, 0.5) is 4.79 Å². The molecule has 0 spiro atoms. The Balaban J connectivity index is 1.92. The third-order valence-corrected chi connectivity index (χ3v) is 6.48. The molecule has 192 valence electrons. The van der Waals surface area contributed by atoms with Crippen LogP contribution in [0.15, 0.2) is 18.5 Å². The summed E-state index contributed by atoms with van der Waals surface area (Å²) in [5.74, 6) is -0.472. The molecule has 0 aromatic carbocycles. The molecule has 1 saturated carbocycles. The molecule has 1 aliphatic carbocycles. The molecule has 2 N–H and O–H groups in total. The van der Waals surface area contributed by atoms with E-state index in [0.29, 0.717) is 17.6 Å². The van der Waals surface area contributed by atoms with E-state index in [9.17, 15) is 14.4 Å². The first-order valence-electron chi connectivity index (χ1n) is 12.4. The van der Waals surface area contributed by atoms with Gasteiger partial charge in [0.1, 0.15) is 5.60 Å². The van der Waals surface area contributed by atoms with Gasteiger partial charge in [-0.25, -0.2) is 19.1 Å². The first-order chi connectivity index (χ1) is 16.6. The molecule has 0 radical (unpaired) electrons. The number of aromatic nitrogens is 2. The van der Waals surface area contributed by atoms with Crippen molar-refractivity contribution in [1.29, 1.82) is 0 Å². The molecule has 2 unspecified atom stereocenters. The van der Waals surface area contributed by atoms with Gasteiger partial charge in [-0.05, 0) is 51.2 Å². The van der Waals surface area contributed by atoms with Gasteiger partial charge in [-0.1, -0.05) is 33.1 Å². The smallest absolute Gasteiger partial charge is 0.420 e. The maximum atomic E-state index is 13.1. The van der Waals surface area contributed by atoms with Crippen molar-refractivity contribution in [2.45, 2.75) is 91.0 Å². The van der Waals surface area contributed by atoms with Crippen LogP contribution >= 0.6 is 0 Å². The highest BCUT2D eigenvalue weighted by Gasteiger charge is 2.29. The summed E-state index contributed by atoms with van der Waals surface area (Å²) in [6, 6.07) is 1.62. The Hall–Kier alpha value is -2.94. The zero-order valence-electron chi connectivity index (χ0n) is 21.6. The fourth-order valence-corrected chi connectivity index (χ4v) is 4.45. The number of nitrogens with one attached hydrogen (secondary N) is 2. The van der Waals surface area contributed by atoms with Crippen molar-refractivity contribution in [2.24, 2.45) is 5.92 Å². The molecule has 2 heterocycles. The summed E-state index contributed by atoms with van der Waals surface area (Å²) in [7, 11) is 1.29. The van der Waals surface area contributed by atoms with Crippen molar-refractivity contribution < 1.29 is 23.9 Å². The number of fused-ring (bicyclic) bond motifs is 1. The summed E-state index contributed by atoms with van der Waals surface area (Å²) in [6.45, 7) is 9.73. The Labute approximate surface area is 206 Å². The van der Waals surface area contributed by atoms with Gasteiger partial charge in [0.15, 0.2) is 5.65 Å². The number of esters is 1. The van der Waals surface area contributed by atoms with E-state index in [1.54, 1.807) is 33.0 Å². The average Bonchev–Trinajstić information content (AvgIpc) is 3.45. The number of carbonyl (C=O) groups is 3. The third kappa shape index (κ3) is 6.39. The molecule has 0 aliphatic heterocycles. The molecule has 2 atom stereocenters. The number of hydrogen-bond acceptors (Lipinski definition) is 7. The van der Waals surface area contributed by atoms with Crippen LogP contribution in [0.2, 0.25) is 0 Å². The van der Waals surface area contributed by atoms with E-state index in [1.807, 2.05) is 6.92 Å². The van der Waals surface area contributed by atoms with Gasteiger partial charge in [0, 0.05) is 30.4 Å². The van der Waals surface area contributed by atoms with Gasteiger partial charge >= 0.3 is 12.1 Å². The van der Waals surface area contributed by atoms with Crippen molar-refractivity contribution in [1.82, 2.24) is 20.2 Å². The standard InChI is InChI=1S/C26H38N4O5/c1-7-16(2)21(23(31)29-18-10-8-9-11-18)28-14-17-12-13-27-22-20(17)19(24(32)34-6)15-30(22)25(33)35-26(3,4)5/h12-13,15-16,18,21,28H,7-11,14H2,1-6H3,(H,29,31). The number of hydrogen-bond donors (Lipinski definition) is 2. The lowest BCUT2D eigenvalue weighted by Crippen LogP contribution is -2.50. The first kappa shape index (κ1) is 26.7. The quantitative estimate of drug-likeness (QED) is 0.539. The van der Waals surface area contributed by atoms with Crippen molar-refractivity contribution in [3.05, 3.63) is 29.6 Å². The highest BCUT2D eigenvalue weighted by molar-refractivity contribution is 6.06. The van der Waals surface area contributed by atoms with E-state index in [0.717, 1.165) is 37.7 Å². The molecule has 2 aromatic rings. The first-order valence-corrected chi connectivity index (χ1v) is 12.4. The predicted octanol–water partition coefficient (Wildman–Crippen LogP) is 4.17. The normalized spacial score (nSPS) is 16.2. The number of rotatable bonds is 8. The van der Waals surface area contributed by atoms with Gasteiger partial charge in [0.2, 0.25) is 5.91 Å². The summed E-state index contributed by atoms with van der Waals surface area (Å²) in [6.07, 6.45) is 7.51. The third-order valence-electron chi connectivity index (χ3n) is 6.48. The van der Waals surface area contributed by atoms with Crippen LogP contribution in [-0.2, 0) is 20.8 Å². The average molecular weight is 487 g/mol. The minimum absolute atomic E-state index is 0.00364. The van der Waals surface area contributed by atoms with Crippen LogP contribution in [0.5, 0.6) is 0 Å². The Morgan fingerprint density at radius 2 is 1.91 bits per heavy atom. The Morgan fingerprint density at radius 3 is 2.51 bits per heavy atom. The van der Waals surface area contributed by atoms with Crippen LogP contribution in [0.1, 0.15) is 82.6 Å². The van der Waals surface area contributed by atoms with Crippen LogP contribution in [0, 0.1) is 5.92 Å². The van der Waals surface area contributed by atoms with Gasteiger partial charge in [-0.15, -0.1) is 0 Å². The second-order valence-corrected chi connectivity index (χ2v) is 10.3. The molecule has 3 rings (SSSR count). The number of nitrogens with zero attached hydrogens (tertiary/aromatic N) is 2. The maximum Gasteiger partial charge on any atom is 0.420 e. The molecule has 0 bridgehead atoms. The second kappa shape index (κ2) is 11.2. The highest BCUT2D eigenvalue weighted by Crippen LogP contribution is 2.26. The molecule has 0 saturated heterocycles. The minimum Gasteiger partial charge on any atom is -0.465 e. The predicted molar refractivity (Wildman–Crippen MR) is 133 cm³/mol. The summed E-state index contributed by atoms with van der Waals surface area (Å²) in [5.41, 5.74) is 0.539. The van der Waals surface area contributed by atoms with Crippen LogP contribution in [0.3, 0.4) is 0 Å². The molecule has 9 nitrogen and oxygen atoms in total. The van der Waals surface area contributed by atoms with E-state index in [1.165, 1.54) is 17.9 Å². The van der Waals surface area contributed by atoms with Crippen LogP contribution in [-0.4, -0.2) is 52.3 Å². The lowest BCUT2D eigenvalue weighted by atomic mass is 9.97. The maximum absolute atomic E-state index is 13.1. The topological polar surface area (TPSA) is 112 Å². The van der Waals surface area contributed by atoms with Crippen molar-refractivity contribution in [3.8, 4) is 0 Å². The summed E-state index contributed by atoms with van der Waals surface area (Å²) >= 11 is 0. The monoisotopic (exact) mass is 486 g/mol. The number of carbonyl (C=O) groups excluding carboxylic acids is 3. The van der Waals surface area contributed by atoms with Crippen molar-refractivity contribution >= 4 is 29.0 Å². The zero-order valence-corrected chi connectivity index (χ0v) is 21.6. The van der Waals surface area contributed by atoms with Crippen molar-refractivity contribution in [2.75, 3.05) is 7.11 Å². The minimum atomic E-state index is -0.714. The molecule has 1 aliphatic rings.